The van der Waals surface area contributed by atoms with E-state index in [1.807, 2.05) is 18.2 Å². The summed E-state index contributed by atoms with van der Waals surface area (Å²) >= 11 is 3.43. The molecular formula is C27H24BrN3O4S. The number of aromatic nitrogens is 2. The molecule has 7 nitrogen and oxygen atoms in total. The van der Waals surface area contributed by atoms with Gasteiger partial charge in [0.25, 0.3) is 5.56 Å². The Morgan fingerprint density at radius 1 is 0.889 bits per heavy atom. The Labute approximate surface area is 217 Å². The molecule has 0 spiro atoms. The van der Waals surface area contributed by atoms with Gasteiger partial charge >= 0.3 is 0 Å². The standard InChI is InChI=1S/C27H24BrN3O4S/c1-30-26(32)11-10-25(29-30)31-14-12-19(13-15-31)27(33)18-3-7-23(8-4-18)36(34,35)24-9-5-20-16-22(28)6-2-21(20)17-24/h2-11,16-17,19H,12-15H2,1H3. The fourth-order valence-electron chi connectivity index (χ4n) is 4.56. The Morgan fingerprint density at radius 3 is 2.22 bits per heavy atom. The number of benzene rings is 3. The molecule has 1 fully saturated rings. The van der Waals surface area contributed by atoms with E-state index >= 15 is 0 Å². The third-order valence-corrected chi connectivity index (χ3v) is 8.93. The van der Waals surface area contributed by atoms with Gasteiger partial charge in [-0.25, -0.2) is 13.1 Å². The maximum atomic E-state index is 13.2. The average Bonchev–Trinajstić information content (AvgIpc) is 2.89. The lowest BCUT2D eigenvalue weighted by atomic mass is 9.89. The molecule has 0 aliphatic carbocycles. The number of carbonyl (C=O) groups is 1. The number of nitrogens with zero attached hydrogens (tertiary/aromatic N) is 3. The zero-order valence-electron chi connectivity index (χ0n) is 19.6. The molecule has 36 heavy (non-hydrogen) atoms. The molecule has 3 aromatic carbocycles. The predicted molar refractivity (Wildman–Crippen MR) is 142 cm³/mol. The first-order valence-electron chi connectivity index (χ1n) is 11.6. The van der Waals surface area contributed by atoms with E-state index in [1.54, 1.807) is 43.4 Å². The number of sulfone groups is 1. The topological polar surface area (TPSA) is 89.3 Å². The smallest absolute Gasteiger partial charge is 0.266 e. The van der Waals surface area contributed by atoms with Crippen molar-refractivity contribution in [3.05, 3.63) is 93.2 Å². The number of hydrogen-bond donors (Lipinski definition) is 0. The molecule has 184 valence electrons. The molecule has 0 radical (unpaired) electrons. The molecule has 0 atom stereocenters. The number of rotatable bonds is 5. The number of ketones is 1. The van der Waals surface area contributed by atoms with Gasteiger partial charge < -0.3 is 4.90 Å². The maximum Gasteiger partial charge on any atom is 0.266 e. The molecule has 1 aromatic heterocycles. The van der Waals surface area contributed by atoms with Crippen LogP contribution in [0.3, 0.4) is 0 Å². The van der Waals surface area contributed by atoms with E-state index in [9.17, 15) is 18.0 Å². The van der Waals surface area contributed by atoms with Crippen LogP contribution >= 0.6 is 15.9 Å². The van der Waals surface area contributed by atoms with Gasteiger partial charge in [-0.05, 0) is 66.1 Å². The van der Waals surface area contributed by atoms with Crippen LogP contribution in [0.4, 0.5) is 5.82 Å². The van der Waals surface area contributed by atoms with Crippen molar-refractivity contribution in [1.82, 2.24) is 9.78 Å². The van der Waals surface area contributed by atoms with Crippen LogP contribution in [-0.2, 0) is 16.9 Å². The zero-order chi connectivity index (χ0) is 25.4. The van der Waals surface area contributed by atoms with E-state index < -0.39 is 9.84 Å². The van der Waals surface area contributed by atoms with Gasteiger partial charge in [-0.3, -0.25) is 9.59 Å². The predicted octanol–water partition coefficient (Wildman–Crippen LogP) is 4.63. The quantitative estimate of drug-likeness (QED) is 0.328. The van der Waals surface area contributed by atoms with Crippen LogP contribution in [0, 0.1) is 5.92 Å². The highest BCUT2D eigenvalue weighted by Crippen LogP contribution is 2.28. The Balaban J connectivity index is 1.29. The Hall–Kier alpha value is -3.30. The summed E-state index contributed by atoms with van der Waals surface area (Å²) < 4.78 is 28.7. The minimum absolute atomic E-state index is 0.0169. The number of carbonyl (C=O) groups excluding carboxylic acids is 1. The molecule has 2 heterocycles. The Kier molecular flexibility index (Phi) is 6.53. The largest absolute Gasteiger partial charge is 0.355 e. The van der Waals surface area contributed by atoms with Crippen molar-refractivity contribution in [3.63, 3.8) is 0 Å². The van der Waals surface area contributed by atoms with Crippen LogP contribution in [0.2, 0.25) is 0 Å². The first-order chi connectivity index (χ1) is 17.2. The summed E-state index contributed by atoms with van der Waals surface area (Å²) in [5, 5.41) is 6.07. The molecule has 1 saturated heterocycles. The fraction of sp³-hybridized carbons (Fsp3) is 0.222. The first kappa shape index (κ1) is 24.4. The molecule has 0 amide bonds. The van der Waals surface area contributed by atoms with Crippen molar-refractivity contribution in [1.29, 1.82) is 0 Å². The Bertz CT molecular complexity index is 1620. The molecule has 9 heteroatoms. The van der Waals surface area contributed by atoms with E-state index in [1.165, 1.54) is 22.9 Å². The second-order valence-electron chi connectivity index (χ2n) is 8.96. The molecule has 4 aromatic rings. The third kappa shape index (κ3) is 4.73. The van der Waals surface area contributed by atoms with Crippen molar-refractivity contribution < 1.29 is 13.2 Å². The molecular weight excluding hydrogens is 542 g/mol. The van der Waals surface area contributed by atoms with Crippen molar-refractivity contribution in [2.45, 2.75) is 22.6 Å². The number of halogens is 1. The van der Waals surface area contributed by atoms with Crippen LogP contribution in [0.15, 0.2) is 91.9 Å². The number of Topliss-reactive ketones (excluding diaryl/α,β-unsaturated/α-hetero) is 1. The van der Waals surface area contributed by atoms with Gasteiger partial charge in [0.05, 0.1) is 9.79 Å². The number of piperidine rings is 1. The molecule has 0 N–H and O–H groups in total. The second-order valence-corrected chi connectivity index (χ2v) is 11.8. The van der Waals surface area contributed by atoms with Crippen molar-refractivity contribution >= 4 is 48.1 Å². The van der Waals surface area contributed by atoms with E-state index in [0.29, 0.717) is 31.5 Å². The van der Waals surface area contributed by atoms with Gasteiger partial charge in [-0.1, -0.05) is 40.2 Å². The highest BCUT2D eigenvalue weighted by atomic mass is 79.9. The molecule has 1 aliphatic heterocycles. The first-order valence-corrected chi connectivity index (χ1v) is 13.9. The minimum atomic E-state index is -3.71. The summed E-state index contributed by atoms with van der Waals surface area (Å²) in [5.74, 6) is 0.596. The summed E-state index contributed by atoms with van der Waals surface area (Å²) in [6, 6.07) is 20.2. The molecule has 0 bridgehead atoms. The van der Waals surface area contributed by atoms with Gasteiger partial charge in [0, 0.05) is 42.2 Å². The van der Waals surface area contributed by atoms with Crippen LogP contribution in [0.1, 0.15) is 23.2 Å². The number of aryl methyl sites for hydroxylation is 1. The van der Waals surface area contributed by atoms with E-state index in [2.05, 4.69) is 25.9 Å². The van der Waals surface area contributed by atoms with E-state index in [4.69, 9.17) is 0 Å². The number of hydrogen-bond acceptors (Lipinski definition) is 6. The van der Waals surface area contributed by atoms with Crippen LogP contribution in [-0.4, -0.2) is 37.1 Å². The summed E-state index contributed by atoms with van der Waals surface area (Å²) in [7, 11) is -2.10. The summed E-state index contributed by atoms with van der Waals surface area (Å²) in [6.07, 6.45) is 1.33. The summed E-state index contributed by atoms with van der Waals surface area (Å²) in [6.45, 7) is 1.32. The molecule has 0 unspecified atom stereocenters. The lowest BCUT2D eigenvalue weighted by Gasteiger charge is -2.32. The number of anilines is 1. The van der Waals surface area contributed by atoms with Gasteiger partial charge in [0.2, 0.25) is 9.84 Å². The third-order valence-electron chi connectivity index (χ3n) is 6.67. The molecule has 5 rings (SSSR count). The monoisotopic (exact) mass is 565 g/mol. The van der Waals surface area contributed by atoms with Crippen LogP contribution in [0.5, 0.6) is 0 Å². The van der Waals surface area contributed by atoms with Crippen molar-refractivity contribution in [2.24, 2.45) is 13.0 Å². The highest BCUT2D eigenvalue weighted by Gasteiger charge is 2.27. The number of fused-ring (bicyclic) bond motifs is 1. The van der Waals surface area contributed by atoms with E-state index in [-0.39, 0.29) is 27.1 Å². The summed E-state index contributed by atoms with van der Waals surface area (Å²) in [5.41, 5.74) is 0.346. The van der Waals surface area contributed by atoms with Crippen molar-refractivity contribution in [3.8, 4) is 0 Å². The average molecular weight is 566 g/mol. The fourth-order valence-corrected chi connectivity index (χ4v) is 6.24. The van der Waals surface area contributed by atoms with E-state index in [0.717, 1.165) is 21.1 Å². The van der Waals surface area contributed by atoms with Gasteiger partial charge in [0.15, 0.2) is 5.78 Å². The maximum absolute atomic E-state index is 13.2. The molecule has 0 saturated carbocycles. The van der Waals surface area contributed by atoms with Gasteiger partial charge in [-0.2, -0.15) is 5.10 Å². The van der Waals surface area contributed by atoms with Gasteiger partial charge in [-0.15, -0.1) is 0 Å². The second kappa shape index (κ2) is 9.63. The Morgan fingerprint density at radius 2 is 1.53 bits per heavy atom. The molecule has 1 aliphatic rings. The van der Waals surface area contributed by atoms with Crippen molar-refractivity contribution in [2.75, 3.05) is 18.0 Å². The highest BCUT2D eigenvalue weighted by molar-refractivity contribution is 9.10. The van der Waals surface area contributed by atoms with Crippen LogP contribution < -0.4 is 10.5 Å². The summed E-state index contributed by atoms with van der Waals surface area (Å²) in [4.78, 5) is 27.1. The lowest BCUT2D eigenvalue weighted by molar-refractivity contribution is 0.0900. The zero-order valence-corrected chi connectivity index (χ0v) is 22.0. The normalized spacial score (nSPS) is 14.8. The SMILES string of the molecule is Cn1nc(N2CCC(C(=O)c3ccc(S(=O)(=O)c4ccc5cc(Br)ccc5c4)cc3)CC2)ccc1=O. The minimum Gasteiger partial charge on any atom is -0.355 e. The van der Waals surface area contributed by atoms with Gasteiger partial charge in [0.1, 0.15) is 5.82 Å². The lowest BCUT2D eigenvalue weighted by Crippen LogP contribution is -2.37. The van der Waals surface area contributed by atoms with Crippen LogP contribution in [0.25, 0.3) is 10.8 Å².